The van der Waals surface area contributed by atoms with Gasteiger partial charge < -0.3 is 15.2 Å². The number of carbonyl (C=O) groups excluding carboxylic acids is 1. The second kappa shape index (κ2) is 6.24. The highest BCUT2D eigenvalue weighted by molar-refractivity contribution is 7.07. The summed E-state index contributed by atoms with van der Waals surface area (Å²) in [5, 5.41) is 14.9. The van der Waals surface area contributed by atoms with Gasteiger partial charge in [-0.3, -0.25) is 4.79 Å². The van der Waals surface area contributed by atoms with E-state index in [1.54, 1.807) is 11.3 Å². The van der Waals surface area contributed by atoms with Crippen LogP contribution in [0.25, 0.3) is 0 Å². The molecule has 1 heterocycles. The van der Waals surface area contributed by atoms with Gasteiger partial charge in [-0.05, 0) is 29.3 Å². The molecule has 2 N–H and O–H groups in total. The van der Waals surface area contributed by atoms with E-state index < -0.39 is 12.6 Å². The van der Waals surface area contributed by atoms with Crippen molar-refractivity contribution >= 4 is 23.2 Å². The molecule has 6 heteroatoms. The van der Waals surface area contributed by atoms with Gasteiger partial charge in [-0.25, -0.2) is 4.79 Å². The minimum atomic E-state index is -1.08. The van der Waals surface area contributed by atoms with Crippen LogP contribution in [-0.2, 0) is 14.3 Å². The highest BCUT2D eigenvalue weighted by Gasteiger charge is 2.10. The molecule has 0 saturated heterocycles. The van der Waals surface area contributed by atoms with Crippen molar-refractivity contribution in [2.45, 2.75) is 13.0 Å². The maximum Gasteiger partial charge on any atom is 0.329 e. The van der Waals surface area contributed by atoms with Crippen LogP contribution in [0.2, 0.25) is 0 Å². The Balaban J connectivity index is 2.26. The zero-order chi connectivity index (χ0) is 12.0. The van der Waals surface area contributed by atoms with Crippen LogP contribution < -0.4 is 5.32 Å². The van der Waals surface area contributed by atoms with Crippen LogP contribution in [0.1, 0.15) is 18.5 Å². The fourth-order valence-corrected chi connectivity index (χ4v) is 1.87. The first-order chi connectivity index (χ1) is 7.59. The predicted octanol–water partition coefficient (Wildman–Crippen LogP) is 1.03. The molecule has 1 amide bonds. The molecule has 1 atom stereocenters. The lowest BCUT2D eigenvalue weighted by Crippen LogP contribution is -2.30. The number of thiophene rings is 1. The fourth-order valence-electron chi connectivity index (χ4n) is 1.12. The van der Waals surface area contributed by atoms with Crippen molar-refractivity contribution in [3.8, 4) is 0 Å². The highest BCUT2D eigenvalue weighted by atomic mass is 32.1. The summed E-state index contributed by atoms with van der Waals surface area (Å²) in [6.07, 6.45) is 0. The Morgan fingerprint density at radius 2 is 2.31 bits per heavy atom. The Labute approximate surface area is 97.0 Å². The molecule has 0 bridgehead atoms. The zero-order valence-corrected chi connectivity index (χ0v) is 9.62. The highest BCUT2D eigenvalue weighted by Crippen LogP contribution is 2.15. The topological polar surface area (TPSA) is 75.6 Å². The van der Waals surface area contributed by atoms with Crippen molar-refractivity contribution in [1.29, 1.82) is 0 Å². The molecule has 1 aromatic rings. The first kappa shape index (κ1) is 12.7. The van der Waals surface area contributed by atoms with Crippen molar-refractivity contribution in [3.63, 3.8) is 0 Å². The summed E-state index contributed by atoms with van der Waals surface area (Å²) in [7, 11) is 0. The largest absolute Gasteiger partial charge is 0.480 e. The third-order valence-electron chi connectivity index (χ3n) is 1.88. The number of aliphatic carboxylic acids is 1. The smallest absolute Gasteiger partial charge is 0.329 e. The molecule has 88 valence electrons. The minimum Gasteiger partial charge on any atom is -0.480 e. The van der Waals surface area contributed by atoms with E-state index in [1.165, 1.54) is 0 Å². The van der Waals surface area contributed by atoms with Gasteiger partial charge in [0.15, 0.2) is 0 Å². The molecule has 0 aliphatic rings. The Hall–Kier alpha value is -1.40. The van der Waals surface area contributed by atoms with Gasteiger partial charge in [0.2, 0.25) is 5.91 Å². The van der Waals surface area contributed by atoms with E-state index in [-0.39, 0.29) is 18.6 Å². The van der Waals surface area contributed by atoms with Crippen LogP contribution in [0.5, 0.6) is 0 Å². The van der Waals surface area contributed by atoms with Crippen molar-refractivity contribution in [1.82, 2.24) is 5.32 Å². The zero-order valence-electron chi connectivity index (χ0n) is 8.80. The number of hydrogen-bond donors (Lipinski definition) is 2. The first-order valence-electron chi connectivity index (χ1n) is 4.70. The maximum absolute atomic E-state index is 11.3. The molecule has 0 spiro atoms. The van der Waals surface area contributed by atoms with E-state index in [9.17, 15) is 9.59 Å². The number of carboxylic acid groups (broad SMARTS) is 1. The molecule has 0 aliphatic heterocycles. The van der Waals surface area contributed by atoms with Gasteiger partial charge in [-0.2, -0.15) is 11.3 Å². The van der Waals surface area contributed by atoms with Crippen molar-refractivity contribution in [2.24, 2.45) is 0 Å². The average molecular weight is 243 g/mol. The van der Waals surface area contributed by atoms with Gasteiger partial charge in [0.1, 0.15) is 13.2 Å². The molecular formula is C10H13NO4S. The standard InChI is InChI=1S/C10H13NO4S/c1-7(8-2-3-16-6-8)11-9(12)4-15-5-10(13)14/h2-3,6-7H,4-5H2,1H3,(H,11,12)(H,13,14). The van der Waals surface area contributed by atoms with E-state index >= 15 is 0 Å². The summed E-state index contributed by atoms with van der Waals surface area (Å²) in [6.45, 7) is 1.16. The second-order valence-electron chi connectivity index (χ2n) is 3.23. The Kier molecular flexibility index (Phi) is 4.94. The lowest BCUT2D eigenvalue weighted by molar-refractivity contribution is -0.143. The van der Waals surface area contributed by atoms with E-state index in [0.29, 0.717) is 0 Å². The first-order valence-corrected chi connectivity index (χ1v) is 5.65. The van der Waals surface area contributed by atoms with Crippen molar-refractivity contribution in [2.75, 3.05) is 13.2 Å². The Bertz CT molecular complexity index is 350. The van der Waals surface area contributed by atoms with Crippen LogP contribution in [-0.4, -0.2) is 30.2 Å². The summed E-state index contributed by atoms with van der Waals surface area (Å²) in [5.74, 6) is -1.40. The molecule has 0 aromatic carbocycles. The van der Waals surface area contributed by atoms with Crippen molar-refractivity contribution in [3.05, 3.63) is 22.4 Å². The van der Waals surface area contributed by atoms with E-state index in [4.69, 9.17) is 5.11 Å². The van der Waals surface area contributed by atoms with Crippen LogP contribution in [0.4, 0.5) is 0 Å². The summed E-state index contributed by atoms with van der Waals surface area (Å²) in [6, 6.07) is 1.83. The second-order valence-corrected chi connectivity index (χ2v) is 4.01. The molecular weight excluding hydrogens is 230 g/mol. The van der Waals surface area contributed by atoms with Crippen LogP contribution in [0, 0.1) is 0 Å². The van der Waals surface area contributed by atoms with Crippen LogP contribution in [0.15, 0.2) is 16.8 Å². The monoisotopic (exact) mass is 243 g/mol. The number of nitrogens with one attached hydrogen (secondary N) is 1. The third-order valence-corrected chi connectivity index (χ3v) is 2.58. The molecule has 0 aliphatic carbocycles. The van der Waals surface area contributed by atoms with Gasteiger partial charge >= 0.3 is 5.97 Å². The van der Waals surface area contributed by atoms with Gasteiger partial charge in [0, 0.05) is 0 Å². The Morgan fingerprint density at radius 1 is 1.56 bits per heavy atom. The maximum atomic E-state index is 11.3. The average Bonchev–Trinajstić information content (AvgIpc) is 2.69. The van der Waals surface area contributed by atoms with Crippen LogP contribution in [0.3, 0.4) is 0 Å². The predicted molar refractivity (Wildman–Crippen MR) is 59.3 cm³/mol. The van der Waals surface area contributed by atoms with E-state index in [2.05, 4.69) is 10.1 Å². The minimum absolute atomic E-state index is 0.0906. The molecule has 1 aromatic heterocycles. The molecule has 0 saturated carbocycles. The fraction of sp³-hybridized carbons (Fsp3) is 0.400. The number of carbonyl (C=O) groups is 2. The third kappa shape index (κ3) is 4.41. The van der Waals surface area contributed by atoms with Gasteiger partial charge in [-0.15, -0.1) is 0 Å². The lowest BCUT2D eigenvalue weighted by atomic mass is 10.2. The molecule has 1 unspecified atom stereocenters. The molecule has 16 heavy (non-hydrogen) atoms. The summed E-state index contributed by atoms with van der Waals surface area (Å²) < 4.78 is 4.67. The van der Waals surface area contributed by atoms with Gasteiger partial charge in [-0.1, -0.05) is 0 Å². The summed E-state index contributed by atoms with van der Waals surface area (Å²) in [5.41, 5.74) is 1.02. The normalized spacial score (nSPS) is 12.1. The number of amides is 1. The van der Waals surface area contributed by atoms with E-state index in [0.717, 1.165) is 5.56 Å². The quantitative estimate of drug-likeness (QED) is 0.782. The molecule has 1 rings (SSSR count). The summed E-state index contributed by atoms with van der Waals surface area (Å²) >= 11 is 1.56. The van der Waals surface area contributed by atoms with E-state index in [1.807, 2.05) is 23.8 Å². The number of carboxylic acids is 1. The molecule has 0 fully saturated rings. The molecule has 0 radical (unpaired) electrons. The van der Waals surface area contributed by atoms with Gasteiger partial charge in [0.05, 0.1) is 6.04 Å². The number of rotatable bonds is 6. The SMILES string of the molecule is CC(NC(=O)COCC(=O)O)c1ccsc1. The van der Waals surface area contributed by atoms with Gasteiger partial charge in [0.25, 0.3) is 0 Å². The Morgan fingerprint density at radius 3 is 2.88 bits per heavy atom. The number of ether oxygens (including phenoxy) is 1. The molecule has 5 nitrogen and oxygen atoms in total. The summed E-state index contributed by atoms with van der Waals surface area (Å²) in [4.78, 5) is 21.4. The lowest BCUT2D eigenvalue weighted by Gasteiger charge is -2.12. The van der Waals surface area contributed by atoms with Crippen molar-refractivity contribution < 1.29 is 19.4 Å². The van der Waals surface area contributed by atoms with Crippen LogP contribution >= 0.6 is 11.3 Å². The number of hydrogen-bond acceptors (Lipinski definition) is 4.